The standard InChI is InChI=1S/C28H45IO2/c1-18(2)7-6-8-19(3)23-11-12-24-22-10-9-20-17-21(31-26(29)30)13-15-27(20,4)25(22)14-16-28(23,24)5/h9,18-19,21-25H,6-8,10-17H2,1-5H3. The molecule has 0 N–H and O–H groups in total. The SMILES string of the molecule is CC(C)CCCC(C)C1CCC2C3CC=C4CC(OC(=O)I)CCC4(C)C3CCC12C. The van der Waals surface area contributed by atoms with Gasteiger partial charge in [0.05, 0.1) is 22.6 Å². The summed E-state index contributed by atoms with van der Waals surface area (Å²) in [4.78, 5) is 11.5. The van der Waals surface area contributed by atoms with Crippen molar-refractivity contribution in [2.24, 2.45) is 46.3 Å². The number of fused-ring (bicyclic) bond motifs is 5. The van der Waals surface area contributed by atoms with E-state index in [1.54, 1.807) is 28.2 Å². The molecular formula is C28H45IO2. The number of halogens is 1. The summed E-state index contributed by atoms with van der Waals surface area (Å²) in [6.45, 7) is 12.5. The number of carbonyl (C=O) groups is 1. The molecule has 4 aliphatic carbocycles. The van der Waals surface area contributed by atoms with Gasteiger partial charge in [-0.2, -0.15) is 0 Å². The predicted molar refractivity (Wildman–Crippen MR) is 137 cm³/mol. The second kappa shape index (κ2) is 9.29. The van der Waals surface area contributed by atoms with Crippen molar-refractivity contribution in [1.29, 1.82) is 0 Å². The van der Waals surface area contributed by atoms with E-state index in [-0.39, 0.29) is 10.1 Å². The highest BCUT2D eigenvalue weighted by Crippen LogP contribution is 2.67. The van der Waals surface area contributed by atoms with E-state index in [4.69, 9.17) is 4.74 Å². The molecule has 8 unspecified atom stereocenters. The molecule has 0 aromatic rings. The Balaban J connectivity index is 1.47. The molecule has 0 radical (unpaired) electrons. The maximum absolute atomic E-state index is 11.5. The average molecular weight is 541 g/mol. The minimum absolute atomic E-state index is 0.108. The van der Waals surface area contributed by atoms with Crippen LogP contribution in [-0.2, 0) is 4.74 Å². The molecule has 8 atom stereocenters. The lowest BCUT2D eigenvalue weighted by atomic mass is 9.47. The van der Waals surface area contributed by atoms with Crippen molar-refractivity contribution >= 4 is 26.6 Å². The number of hydrogen-bond acceptors (Lipinski definition) is 2. The molecule has 0 aromatic carbocycles. The molecule has 0 saturated heterocycles. The van der Waals surface area contributed by atoms with Gasteiger partial charge in [-0.1, -0.05) is 65.5 Å². The van der Waals surface area contributed by atoms with E-state index >= 15 is 0 Å². The van der Waals surface area contributed by atoms with Crippen LogP contribution in [0, 0.1) is 46.3 Å². The Morgan fingerprint density at radius 3 is 2.58 bits per heavy atom. The van der Waals surface area contributed by atoms with Crippen LogP contribution in [0.5, 0.6) is 0 Å². The fourth-order valence-electron chi connectivity index (χ4n) is 8.88. The highest BCUT2D eigenvalue weighted by molar-refractivity contribution is 14.1. The fourth-order valence-corrected chi connectivity index (χ4v) is 9.24. The van der Waals surface area contributed by atoms with Crippen LogP contribution in [0.1, 0.15) is 105 Å². The summed E-state index contributed by atoms with van der Waals surface area (Å²) in [5, 5.41) is 0. The minimum atomic E-state index is -0.145. The van der Waals surface area contributed by atoms with Crippen molar-refractivity contribution in [1.82, 2.24) is 0 Å². The fraction of sp³-hybridized carbons (Fsp3) is 0.893. The zero-order chi connectivity index (χ0) is 22.4. The second-order valence-corrected chi connectivity index (χ2v) is 13.4. The smallest absolute Gasteiger partial charge is 0.367 e. The first-order valence-corrected chi connectivity index (χ1v) is 14.3. The van der Waals surface area contributed by atoms with Gasteiger partial charge in [0.1, 0.15) is 6.10 Å². The topological polar surface area (TPSA) is 26.3 Å². The van der Waals surface area contributed by atoms with Crippen molar-refractivity contribution < 1.29 is 9.53 Å². The Labute approximate surface area is 204 Å². The summed E-state index contributed by atoms with van der Waals surface area (Å²) in [7, 11) is 0. The van der Waals surface area contributed by atoms with Crippen molar-refractivity contribution in [2.45, 2.75) is 111 Å². The van der Waals surface area contributed by atoms with Gasteiger partial charge in [-0.3, -0.25) is 0 Å². The van der Waals surface area contributed by atoms with Gasteiger partial charge in [-0.25, -0.2) is 4.79 Å². The van der Waals surface area contributed by atoms with Crippen molar-refractivity contribution in [3.63, 3.8) is 0 Å². The minimum Gasteiger partial charge on any atom is -0.455 e. The summed E-state index contributed by atoms with van der Waals surface area (Å²) < 4.78 is 5.46. The first-order chi connectivity index (χ1) is 14.6. The van der Waals surface area contributed by atoms with E-state index in [0.29, 0.717) is 10.8 Å². The monoisotopic (exact) mass is 540 g/mol. The van der Waals surface area contributed by atoms with Gasteiger partial charge in [0.15, 0.2) is 0 Å². The van der Waals surface area contributed by atoms with Crippen LogP contribution in [-0.4, -0.2) is 10.1 Å². The quantitative estimate of drug-likeness (QED) is 0.191. The van der Waals surface area contributed by atoms with E-state index in [1.807, 2.05) is 0 Å². The Morgan fingerprint density at radius 1 is 1.10 bits per heavy atom. The van der Waals surface area contributed by atoms with Crippen LogP contribution in [0.2, 0.25) is 0 Å². The molecule has 2 nitrogen and oxygen atoms in total. The van der Waals surface area contributed by atoms with Crippen molar-refractivity contribution in [3.05, 3.63) is 11.6 Å². The summed E-state index contributed by atoms with van der Waals surface area (Å²) in [6.07, 6.45) is 17.2. The summed E-state index contributed by atoms with van der Waals surface area (Å²) in [6, 6.07) is 0. The molecule has 0 heterocycles. The zero-order valence-corrected chi connectivity index (χ0v) is 22.7. The molecular weight excluding hydrogens is 495 g/mol. The van der Waals surface area contributed by atoms with E-state index < -0.39 is 0 Å². The first-order valence-electron chi connectivity index (χ1n) is 13.2. The predicted octanol–water partition coefficient (Wildman–Crippen LogP) is 8.97. The van der Waals surface area contributed by atoms with Gasteiger partial charge >= 0.3 is 3.98 Å². The van der Waals surface area contributed by atoms with Gasteiger partial charge in [0.25, 0.3) is 0 Å². The highest BCUT2D eigenvalue weighted by Gasteiger charge is 2.59. The lowest BCUT2D eigenvalue weighted by molar-refractivity contribution is -0.0572. The Kier molecular flexibility index (Phi) is 7.22. The maximum Gasteiger partial charge on any atom is 0.367 e. The van der Waals surface area contributed by atoms with Gasteiger partial charge in [-0.15, -0.1) is 0 Å². The third kappa shape index (κ3) is 4.52. The molecule has 0 spiro atoms. The van der Waals surface area contributed by atoms with E-state index in [2.05, 4.69) is 40.7 Å². The molecule has 0 bridgehead atoms. The number of carbonyl (C=O) groups excluding carboxylic acids is 1. The van der Waals surface area contributed by atoms with Crippen LogP contribution in [0.25, 0.3) is 0 Å². The van der Waals surface area contributed by atoms with Crippen LogP contribution in [0.15, 0.2) is 11.6 Å². The lowest BCUT2D eigenvalue weighted by Crippen LogP contribution is -2.51. The second-order valence-electron chi connectivity index (χ2n) is 12.5. The summed E-state index contributed by atoms with van der Waals surface area (Å²) >= 11 is 1.78. The molecule has 3 fully saturated rings. The van der Waals surface area contributed by atoms with E-state index in [0.717, 1.165) is 48.3 Å². The van der Waals surface area contributed by atoms with Gasteiger partial charge in [0.2, 0.25) is 0 Å². The summed E-state index contributed by atoms with van der Waals surface area (Å²) in [5.74, 6) is 5.30. The molecule has 0 aliphatic heterocycles. The molecule has 31 heavy (non-hydrogen) atoms. The maximum atomic E-state index is 11.5. The average Bonchev–Trinajstić information content (AvgIpc) is 3.05. The van der Waals surface area contributed by atoms with Gasteiger partial charge in [0, 0.05) is 6.42 Å². The molecule has 4 aliphatic rings. The van der Waals surface area contributed by atoms with Crippen LogP contribution in [0.4, 0.5) is 4.79 Å². The first kappa shape index (κ1) is 24.1. The van der Waals surface area contributed by atoms with Crippen molar-refractivity contribution in [2.75, 3.05) is 0 Å². The number of ether oxygens (including phenoxy) is 1. The van der Waals surface area contributed by atoms with Crippen LogP contribution < -0.4 is 0 Å². The Morgan fingerprint density at radius 2 is 1.87 bits per heavy atom. The van der Waals surface area contributed by atoms with E-state index in [1.165, 1.54) is 57.8 Å². The Bertz CT molecular complexity index is 699. The van der Waals surface area contributed by atoms with Crippen molar-refractivity contribution in [3.8, 4) is 0 Å². The molecule has 4 rings (SSSR count). The lowest BCUT2D eigenvalue weighted by Gasteiger charge is -2.58. The molecule has 0 aromatic heterocycles. The van der Waals surface area contributed by atoms with Crippen LogP contribution in [0.3, 0.4) is 0 Å². The van der Waals surface area contributed by atoms with Gasteiger partial charge < -0.3 is 4.74 Å². The largest absolute Gasteiger partial charge is 0.455 e. The molecule has 3 saturated carbocycles. The molecule has 0 amide bonds. The highest BCUT2D eigenvalue weighted by atomic mass is 127. The Hall–Kier alpha value is -0.0600. The number of rotatable bonds is 6. The molecule has 176 valence electrons. The number of hydrogen-bond donors (Lipinski definition) is 0. The van der Waals surface area contributed by atoms with Crippen LogP contribution >= 0.6 is 22.6 Å². The third-order valence-corrected chi connectivity index (χ3v) is 10.8. The summed E-state index contributed by atoms with van der Waals surface area (Å²) in [5.41, 5.74) is 2.52. The number of allylic oxidation sites excluding steroid dienone is 1. The molecule has 3 heteroatoms. The van der Waals surface area contributed by atoms with E-state index in [9.17, 15) is 4.79 Å². The normalized spacial score (nSPS) is 42.9. The third-order valence-electron chi connectivity index (χ3n) is 10.5. The van der Waals surface area contributed by atoms with Gasteiger partial charge in [-0.05, 0) is 91.3 Å². The zero-order valence-electron chi connectivity index (χ0n) is 20.6.